The van der Waals surface area contributed by atoms with Crippen molar-refractivity contribution in [2.75, 3.05) is 10.2 Å². The fourth-order valence-corrected chi connectivity index (χ4v) is 2.88. The standard InChI is InChI=1S/C19H22N2/c1-13(2)20-18-5-7-19(8-6-18)21-11-16-9-14(3)15(4)10-17(16)12-21/h5-10,20H,1,11-12H2,2-4H3. The Hall–Kier alpha value is -2.22. The molecular formula is C19H22N2. The van der Waals surface area contributed by atoms with Crippen LogP contribution in [0.1, 0.15) is 29.2 Å². The lowest BCUT2D eigenvalue weighted by Crippen LogP contribution is -2.14. The molecule has 0 unspecified atom stereocenters. The quantitative estimate of drug-likeness (QED) is 0.870. The summed E-state index contributed by atoms with van der Waals surface area (Å²) >= 11 is 0. The third-order valence-electron chi connectivity index (χ3n) is 4.13. The van der Waals surface area contributed by atoms with Crippen LogP contribution in [0, 0.1) is 13.8 Å². The molecule has 0 radical (unpaired) electrons. The predicted molar refractivity (Wildman–Crippen MR) is 90.7 cm³/mol. The first-order valence-electron chi connectivity index (χ1n) is 7.39. The zero-order valence-corrected chi connectivity index (χ0v) is 13.0. The van der Waals surface area contributed by atoms with E-state index in [1.807, 2.05) is 6.92 Å². The summed E-state index contributed by atoms with van der Waals surface area (Å²) in [6.07, 6.45) is 0. The number of anilines is 2. The summed E-state index contributed by atoms with van der Waals surface area (Å²) in [7, 11) is 0. The molecule has 21 heavy (non-hydrogen) atoms. The van der Waals surface area contributed by atoms with Crippen LogP contribution in [-0.4, -0.2) is 0 Å². The molecule has 3 rings (SSSR count). The average Bonchev–Trinajstić information content (AvgIpc) is 2.82. The summed E-state index contributed by atoms with van der Waals surface area (Å²) in [6, 6.07) is 13.3. The Balaban J connectivity index is 1.79. The number of benzene rings is 2. The summed E-state index contributed by atoms with van der Waals surface area (Å²) in [4.78, 5) is 2.42. The molecule has 108 valence electrons. The zero-order chi connectivity index (χ0) is 15.0. The normalized spacial score (nSPS) is 13.2. The number of hydrogen-bond donors (Lipinski definition) is 1. The van der Waals surface area contributed by atoms with Crippen molar-refractivity contribution in [2.45, 2.75) is 33.9 Å². The Bertz CT molecular complexity index is 652. The lowest BCUT2D eigenvalue weighted by molar-refractivity contribution is 0.880. The van der Waals surface area contributed by atoms with E-state index in [-0.39, 0.29) is 0 Å². The van der Waals surface area contributed by atoms with Crippen molar-refractivity contribution < 1.29 is 0 Å². The van der Waals surface area contributed by atoms with Gasteiger partial charge in [0.05, 0.1) is 0 Å². The number of fused-ring (bicyclic) bond motifs is 1. The third kappa shape index (κ3) is 2.80. The Morgan fingerprint density at radius 3 is 2.00 bits per heavy atom. The van der Waals surface area contributed by atoms with Crippen molar-refractivity contribution >= 4 is 11.4 Å². The van der Waals surface area contributed by atoms with Gasteiger partial charge in [0.25, 0.3) is 0 Å². The predicted octanol–water partition coefficient (Wildman–Crippen LogP) is 4.77. The van der Waals surface area contributed by atoms with E-state index in [0.29, 0.717) is 0 Å². The van der Waals surface area contributed by atoms with Crippen molar-refractivity contribution in [3.8, 4) is 0 Å². The molecule has 0 saturated carbocycles. The highest BCUT2D eigenvalue weighted by atomic mass is 15.1. The second-order valence-corrected chi connectivity index (χ2v) is 6.01. The topological polar surface area (TPSA) is 15.3 Å². The van der Waals surface area contributed by atoms with E-state index >= 15 is 0 Å². The van der Waals surface area contributed by atoms with E-state index in [2.05, 4.69) is 67.0 Å². The highest BCUT2D eigenvalue weighted by Crippen LogP contribution is 2.30. The van der Waals surface area contributed by atoms with Gasteiger partial charge in [-0.1, -0.05) is 18.7 Å². The monoisotopic (exact) mass is 278 g/mol. The second kappa shape index (κ2) is 5.28. The van der Waals surface area contributed by atoms with Crippen molar-refractivity contribution in [3.05, 3.63) is 70.9 Å². The summed E-state index contributed by atoms with van der Waals surface area (Å²) in [5.74, 6) is 0. The molecule has 2 aromatic carbocycles. The van der Waals surface area contributed by atoms with Gasteiger partial charge in [-0.2, -0.15) is 0 Å². The van der Waals surface area contributed by atoms with Gasteiger partial charge in [0, 0.05) is 30.2 Å². The Morgan fingerprint density at radius 1 is 1.00 bits per heavy atom. The smallest absolute Gasteiger partial charge is 0.0436 e. The van der Waals surface area contributed by atoms with Crippen molar-refractivity contribution in [3.63, 3.8) is 0 Å². The van der Waals surface area contributed by atoms with Crippen LogP contribution in [0.15, 0.2) is 48.7 Å². The van der Waals surface area contributed by atoms with Crippen LogP contribution >= 0.6 is 0 Å². The van der Waals surface area contributed by atoms with Crippen LogP contribution in [-0.2, 0) is 13.1 Å². The zero-order valence-electron chi connectivity index (χ0n) is 13.0. The lowest BCUT2D eigenvalue weighted by atomic mass is 10.0. The third-order valence-corrected chi connectivity index (χ3v) is 4.13. The molecule has 1 aliphatic rings. The van der Waals surface area contributed by atoms with E-state index in [1.165, 1.54) is 27.9 Å². The van der Waals surface area contributed by atoms with E-state index in [4.69, 9.17) is 0 Å². The molecule has 2 heteroatoms. The summed E-state index contributed by atoms with van der Waals surface area (Å²) < 4.78 is 0. The van der Waals surface area contributed by atoms with E-state index in [0.717, 1.165) is 24.5 Å². The van der Waals surface area contributed by atoms with Gasteiger partial charge in [-0.3, -0.25) is 0 Å². The number of nitrogens with one attached hydrogen (secondary N) is 1. The van der Waals surface area contributed by atoms with Crippen LogP contribution in [0.25, 0.3) is 0 Å². The molecule has 0 aromatic heterocycles. The number of rotatable bonds is 3. The summed E-state index contributed by atoms with van der Waals surface area (Å²) in [6.45, 7) is 12.2. The molecule has 2 aromatic rings. The SMILES string of the molecule is C=C(C)Nc1ccc(N2Cc3cc(C)c(C)cc3C2)cc1. The Morgan fingerprint density at radius 2 is 1.52 bits per heavy atom. The van der Waals surface area contributed by atoms with Crippen LogP contribution in [0.5, 0.6) is 0 Å². The molecule has 0 aliphatic carbocycles. The van der Waals surface area contributed by atoms with Gasteiger partial charge in [0.2, 0.25) is 0 Å². The first-order valence-corrected chi connectivity index (χ1v) is 7.39. The molecule has 0 spiro atoms. The number of aryl methyl sites for hydroxylation is 2. The van der Waals surface area contributed by atoms with E-state index in [9.17, 15) is 0 Å². The fraction of sp³-hybridized carbons (Fsp3) is 0.263. The minimum Gasteiger partial charge on any atom is -0.363 e. The van der Waals surface area contributed by atoms with Gasteiger partial charge < -0.3 is 10.2 Å². The average molecular weight is 278 g/mol. The second-order valence-electron chi connectivity index (χ2n) is 6.01. The Kier molecular flexibility index (Phi) is 3.46. The largest absolute Gasteiger partial charge is 0.363 e. The van der Waals surface area contributed by atoms with Crippen LogP contribution in [0.2, 0.25) is 0 Å². The van der Waals surface area contributed by atoms with Gasteiger partial charge in [0.1, 0.15) is 0 Å². The molecule has 1 N–H and O–H groups in total. The molecule has 0 bridgehead atoms. The van der Waals surface area contributed by atoms with Crippen molar-refractivity contribution in [2.24, 2.45) is 0 Å². The number of hydrogen-bond acceptors (Lipinski definition) is 2. The van der Waals surface area contributed by atoms with E-state index in [1.54, 1.807) is 0 Å². The molecule has 0 atom stereocenters. The minimum absolute atomic E-state index is 0.960. The maximum atomic E-state index is 3.87. The van der Waals surface area contributed by atoms with E-state index < -0.39 is 0 Å². The van der Waals surface area contributed by atoms with Gasteiger partial charge in [-0.25, -0.2) is 0 Å². The Labute approximate surface area is 127 Å². The van der Waals surface area contributed by atoms with Crippen LogP contribution in [0.3, 0.4) is 0 Å². The lowest BCUT2D eigenvalue weighted by Gasteiger charge is -2.18. The maximum Gasteiger partial charge on any atom is 0.0436 e. The molecule has 2 nitrogen and oxygen atoms in total. The fourth-order valence-electron chi connectivity index (χ4n) is 2.88. The van der Waals surface area contributed by atoms with Crippen LogP contribution in [0.4, 0.5) is 11.4 Å². The van der Waals surface area contributed by atoms with Crippen LogP contribution < -0.4 is 10.2 Å². The molecule has 1 heterocycles. The number of nitrogens with zero attached hydrogens (tertiary/aromatic N) is 1. The maximum absolute atomic E-state index is 3.87. The molecule has 0 amide bonds. The highest BCUT2D eigenvalue weighted by Gasteiger charge is 2.19. The summed E-state index contributed by atoms with van der Waals surface area (Å²) in [5.41, 5.74) is 9.02. The molecule has 0 fully saturated rings. The van der Waals surface area contributed by atoms with Gasteiger partial charge in [0.15, 0.2) is 0 Å². The van der Waals surface area contributed by atoms with Gasteiger partial charge in [-0.15, -0.1) is 0 Å². The van der Waals surface area contributed by atoms with Crippen molar-refractivity contribution in [1.82, 2.24) is 0 Å². The highest BCUT2D eigenvalue weighted by molar-refractivity contribution is 5.59. The minimum atomic E-state index is 0.960. The number of allylic oxidation sites excluding steroid dienone is 1. The van der Waals surface area contributed by atoms with Crippen molar-refractivity contribution in [1.29, 1.82) is 0 Å². The molecular weight excluding hydrogens is 256 g/mol. The molecule has 1 aliphatic heterocycles. The first kappa shape index (κ1) is 13.7. The van der Waals surface area contributed by atoms with Gasteiger partial charge >= 0.3 is 0 Å². The first-order chi connectivity index (χ1) is 10.0. The van der Waals surface area contributed by atoms with Gasteiger partial charge in [-0.05, 0) is 67.3 Å². The molecule has 0 saturated heterocycles. The summed E-state index contributed by atoms with van der Waals surface area (Å²) in [5, 5.41) is 3.24.